The molecule has 12 heavy (non-hydrogen) atoms. The number of hydrogen-bond acceptors (Lipinski definition) is 6. The summed E-state index contributed by atoms with van der Waals surface area (Å²) < 4.78 is 4.76. The number of aromatic nitrogens is 3. The van der Waals surface area contributed by atoms with Crippen LogP contribution in [0, 0.1) is 0 Å². The van der Waals surface area contributed by atoms with Crippen LogP contribution in [0.3, 0.4) is 0 Å². The van der Waals surface area contributed by atoms with Gasteiger partial charge in [-0.3, -0.25) is 0 Å². The topological polar surface area (TPSA) is 65.0 Å². The fraction of sp³-hybridized carbons (Fsp3) is 0.333. The summed E-state index contributed by atoms with van der Waals surface area (Å²) in [6.07, 6.45) is 4.41. The molecular weight excluding hydrogens is 178 g/mol. The van der Waals surface area contributed by atoms with E-state index in [1.165, 1.54) is 24.3 Å². The fourth-order valence-electron chi connectivity index (χ4n) is 0.528. The maximum absolute atomic E-state index is 11.0. The smallest absolute Gasteiger partial charge is 0.361 e. The van der Waals surface area contributed by atoms with Crippen molar-refractivity contribution in [2.75, 3.05) is 12.2 Å². The van der Waals surface area contributed by atoms with Crippen LogP contribution in [-0.4, -0.2) is 33.3 Å². The SMILES string of the molecule is CSCOC(=O)c1cncnn1. The molecule has 6 heteroatoms. The first-order chi connectivity index (χ1) is 5.84. The Balaban J connectivity index is 2.54. The lowest BCUT2D eigenvalue weighted by atomic mass is 10.5. The summed E-state index contributed by atoms with van der Waals surface area (Å²) in [4.78, 5) is 14.7. The molecule has 0 aliphatic rings. The van der Waals surface area contributed by atoms with E-state index in [2.05, 4.69) is 15.2 Å². The van der Waals surface area contributed by atoms with Gasteiger partial charge < -0.3 is 4.74 Å². The highest BCUT2D eigenvalue weighted by molar-refractivity contribution is 7.98. The molecule has 1 rings (SSSR count). The number of rotatable bonds is 3. The van der Waals surface area contributed by atoms with Gasteiger partial charge in [-0.25, -0.2) is 9.78 Å². The molecule has 1 aromatic rings. The molecule has 0 saturated carbocycles. The van der Waals surface area contributed by atoms with Crippen LogP contribution < -0.4 is 0 Å². The zero-order valence-electron chi connectivity index (χ0n) is 6.43. The molecule has 0 saturated heterocycles. The summed E-state index contributed by atoms with van der Waals surface area (Å²) in [5.41, 5.74) is 0.131. The van der Waals surface area contributed by atoms with Crippen LogP contribution in [-0.2, 0) is 4.74 Å². The van der Waals surface area contributed by atoms with E-state index < -0.39 is 5.97 Å². The maximum atomic E-state index is 11.0. The molecule has 0 N–H and O–H groups in total. The Morgan fingerprint density at radius 1 is 1.75 bits per heavy atom. The second-order valence-electron chi connectivity index (χ2n) is 1.83. The van der Waals surface area contributed by atoms with Crippen LogP contribution in [0.25, 0.3) is 0 Å². The largest absolute Gasteiger partial charge is 0.450 e. The summed E-state index contributed by atoms with van der Waals surface area (Å²) >= 11 is 1.41. The van der Waals surface area contributed by atoms with Crippen molar-refractivity contribution in [2.45, 2.75) is 0 Å². The normalized spacial score (nSPS) is 9.42. The van der Waals surface area contributed by atoms with Crippen molar-refractivity contribution in [3.63, 3.8) is 0 Å². The van der Waals surface area contributed by atoms with Crippen LogP contribution >= 0.6 is 11.8 Å². The van der Waals surface area contributed by atoms with Gasteiger partial charge in [-0.1, -0.05) is 0 Å². The summed E-state index contributed by atoms with van der Waals surface area (Å²) in [6.45, 7) is 0. The van der Waals surface area contributed by atoms with Gasteiger partial charge in [-0.05, 0) is 6.26 Å². The van der Waals surface area contributed by atoms with Crippen LogP contribution in [0.5, 0.6) is 0 Å². The number of carbonyl (C=O) groups excluding carboxylic acids is 1. The molecule has 5 nitrogen and oxygen atoms in total. The van der Waals surface area contributed by atoms with Gasteiger partial charge in [0.25, 0.3) is 0 Å². The van der Waals surface area contributed by atoms with Crippen molar-refractivity contribution in [3.8, 4) is 0 Å². The van der Waals surface area contributed by atoms with E-state index >= 15 is 0 Å². The standard InChI is InChI=1S/C6H7N3O2S/c1-12-4-11-6(10)5-2-7-3-8-9-5/h2-3H,4H2,1H3. The molecule has 0 spiro atoms. The van der Waals surface area contributed by atoms with Gasteiger partial charge in [-0.15, -0.1) is 22.0 Å². The molecule has 0 aromatic carbocycles. The van der Waals surface area contributed by atoms with Gasteiger partial charge >= 0.3 is 5.97 Å². The number of nitrogens with zero attached hydrogens (tertiary/aromatic N) is 3. The van der Waals surface area contributed by atoms with Gasteiger partial charge in [0.1, 0.15) is 12.3 Å². The Morgan fingerprint density at radius 2 is 2.58 bits per heavy atom. The summed E-state index contributed by atoms with van der Waals surface area (Å²) in [5, 5.41) is 6.98. The molecule has 0 fully saturated rings. The quantitative estimate of drug-likeness (QED) is 0.500. The Bertz CT molecular complexity index is 254. The minimum atomic E-state index is -0.495. The monoisotopic (exact) mass is 185 g/mol. The summed E-state index contributed by atoms with van der Waals surface area (Å²) in [7, 11) is 0. The first-order valence-corrected chi connectivity index (χ1v) is 4.52. The fourth-order valence-corrected chi connectivity index (χ4v) is 0.752. The van der Waals surface area contributed by atoms with Crippen molar-refractivity contribution in [1.82, 2.24) is 15.2 Å². The third-order valence-corrected chi connectivity index (χ3v) is 1.35. The lowest BCUT2D eigenvalue weighted by Crippen LogP contribution is -2.08. The average Bonchev–Trinajstić information content (AvgIpc) is 2.15. The zero-order valence-corrected chi connectivity index (χ0v) is 7.24. The van der Waals surface area contributed by atoms with Crippen molar-refractivity contribution in [3.05, 3.63) is 18.2 Å². The number of esters is 1. The highest BCUT2D eigenvalue weighted by atomic mass is 32.2. The molecule has 0 bridgehead atoms. The number of hydrogen-bond donors (Lipinski definition) is 0. The number of ether oxygens (including phenoxy) is 1. The molecule has 1 aromatic heterocycles. The Labute approximate surface area is 73.6 Å². The van der Waals surface area contributed by atoms with Crippen molar-refractivity contribution in [1.29, 1.82) is 0 Å². The van der Waals surface area contributed by atoms with Gasteiger partial charge in [0.05, 0.1) is 6.20 Å². The van der Waals surface area contributed by atoms with Crippen LogP contribution in [0.1, 0.15) is 10.5 Å². The highest BCUT2D eigenvalue weighted by Gasteiger charge is 2.07. The maximum Gasteiger partial charge on any atom is 0.361 e. The highest BCUT2D eigenvalue weighted by Crippen LogP contribution is 1.97. The van der Waals surface area contributed by atoms with Crippen LogP contribution in [0.4, 0.5) is 0 Å². The lowest BCUT2D eigenvalue weighted by molar-refractivity contribution is 0.0570. The molecule has 0 amide bonds. The molecular formula is C6H7N3O2S. The molecule has 64 valence electrons. The van der Waals surface area contributed by atoms with E-state index in [1.54, 1.807) is 0 Å². The average molecular weight is 185 g/mol. The predicted molar refractivity (Wildman–Crippen MR) is 43.6 cm³/mol. The van der Waals surface area contributed by atoms with Gasteiger partial charge in [0, 0.05) is 0 Å². The van der Waals surface area contributed by atoms with Crippen molar-refractivity contribution in [2.24, 2.45) is 0 Å². The van der Waals surface area contributed by atoms with E-state index in [4.69, 9.17) is 4.74 Å². The molecule has 0 aliphatic carbocycles. The second kappa shape index (κ2) is 4.66. The first-order valence-electron chi connectivity index (χ1n) is 3.13. The Morgan fingerprint density at radius 3 is 3.17 bits per heavy atom. The van der Waals surface area contributed by atoms with Gasteiger partial charge in [-0.2, -0.15) is 0 Å². The third kappa shape index (κ3) is 2.46. The first kappa shape index (κ1) is 8.92. The van der Waals surface area contributed by atoms with Crippen molar-refractivity contribution < 1.29 is 9.53 Å². The van der Waals surface area contributed by atoms with Crippen LogP contribution in [0.2, 0.25) is 0 Å². The Kier molecular flexibility index (Phi) is 3.46. The van der Waals surface area contributed by atoms with Gasteiger partial charge in [0.15, 0.2) is 5.69 Å². The van der Waals surface area contributed by atoms with Crippen molar-refractivity contribution >= 4 is 17.7 Å². The molecule has 0 atom stereocenters. The second-order valence-corrected chi connectivity index (χ2v) is 2.65. The third-order valence-electron chi connectivity index (χ3n) is 0.998. The van der Waals surface area contributed by atoms with Gasteiger partial charge in [0.2, 0.25) is 0 Å². The summed E-state index contributed by atoms with van der Waals surface area (Å²) in [6, 6.07) is 0. The zero-order chi connectivity index (χ0) is 8.81. The number of carbonyl (C=O) groups is 1. The molecule has 0 aliphatic heterocycles. The summed E-state index contributed by atoms with van der Waals surface area (Å²) in [5.74, 6) is -0.181. The molecule has 1 heterocycles. The number of thioether (sulfide) groups is 1. The Hall–Kier alpha value is -1.17. The molecule has 0 unspecified atom stereocenters. The van der Waals surface area contributed by atoms with Crippen LogP contribution in [0.15, 0.2) is 12.5 Å². The molecule has 0 radical (unpaired) electrons. The lowest BCUT2D eigenvalue weighted by Gasteiger charge is -1.98. The van der Waals surface area contributed by atoms with E-state index in [9.17, 15) is 4.79 Å². The van der Waals surface area contributed by atoms with E-state index in [1.807, 2.05) is 6.26 Å². The minimum absolute atomic E-state index is 0.131. The predicted octanol–water partition coefficient (Wildman–Crippen LogP) is 0.349. The van der Waals surface area contributed by atoms with E-state index in [-0.39, 0.29) is 5.69 Å². The van der Waals surface area contributed by atoms with E-state index in [0.717, 1.165) is 0 Å². The van der Waals surface area contributed by atoms with E-state index in [0.29, 0.717) is 5.94 Å². The minimum Gasteiger partial charge on any atom is -0.450 e.